The van der Waals surface area contributed by atoms with Crippen LogP contribution in [0.5, 0.6) is 0 Å². The molecule has 1 heterocycles. The number of pyridine rings is 1. The number of aromatic nitrogens is 1. The topological polar surface area (TPSA) is 57.9 Å². The van der Waals surface area contributed by atoms with E-state index in [2.05, 4.69) is 28.5 Å². The second kappa shape index (κ2) is 8.15. The summed E-state index contributed by atoms with van der Waals surface area (Å²) in [5, 5.41) is 12.4. The summed E-state index contributed by atoms with van der Waals surface area (Å²) >= 11 is 0. The number of rotatable bonds is 7. The lowest BCUT2D eigenvalue weighted by atomic mass is 10.1. The molecule has 0 aliphatic rings. The fourth-order valence-corrected chi connectivity index (χ4v) is 2.10. The van der Waals surface area contributed by atoms with Crippen molar-refractivity contribution in [1.29, 1.82) is 5.26 Å². The van der Waals surface area contributed by atoms with Crippen molar-refractivity contribution in [2.24, 2.45) is 0 Å². The smallest absolute Gasteiger partial charge is 0.144 e. The van der Waals surface area contributed by atoms with Gasteiger partial charge in [-0.1, -0.05) is 30.3 Å². The summed E-state index contributed by atoms with van der Waals surface area (Å²) in [6, 6.07) is 14.1. The molecule has 0 aliphatic heterocycles. The molecule has 0 atom stereocenters. The van der Waals surface area contributed by atoms with Crippen LogP contribution in [0.15, 0.2) is 42.6 Å². The van der Waals surface area contributed by atoms with Crippen molar-refractivity contribution in [2.75, 3.05) is 6.61 Å². The van der Waals surface area contributed by atoms with Crippen LogP contribution in [-0.2, 0) is 24.4 Å². The predicted octanol–water partition coefficient (Wildman–Crippen LogP) is 2.78. The number of hydrogen-bond donors (Lipinski definition) is 1. The third-order valence-electron chi connectivity index (χ3n) is 3.21. The van der Waals surface area contributed by atoms with Crippen molar-refractivity contribution in [3.8, 4) is 6.07 Å². The molecule has 4 nitrogen and oxygen atoms in total. The van der Waals surface area contributed by atoms with Gasteiger partial charge in [0.2, 0.25) is 0 Å². The van der Waals surface area contributed by atoms with Gasteiger partial charge in [-0.15, -0.1) is 0 Å². The van der Waals surface area contributed by atoms with Gasteiger partial charge in [-0.2, -0.15) is 5.26 Å². The monoisotopic (exact) mass is 281 g/mol. The molecule has 21 heavy (non-hydrogen) atoms. The van der Waals surface area contributed by atoms with Crippen LogP contribution in [0.25, 0.3) is 0 Å². The van der Waals surface area contributed by atoms with Gasteiger partial charge in [-0.3, -0.25) is 0 Å². The van der Waals surface area contributed by atoms with Gasteiger partial charge < -0.3 is 10.1 Å². The van der Waals surface area contributed by atoms with Crippen LogP contribution in [0.2, 0.25) is 0 Å². The lowest BCUT2D eigenvalue weighted by Crippen LogP contribution is -2.15. The van der Waals surface area contributed by atoms with E-state index < -0.39 is 0 Å². The minimum Gasteiger partial charge on any atom is -0.377 e. The third kappa shape index (κ3) is 4.38. The molecule has 0 fully saturated rings. The standard InChI is InChI=1S/C17H19N3O/c1-2-21-13-16-7-4-3-6-14(16)11-19-12-15-8-5-9-20-17(15)10-18/h3-9,19H,2,11-13H2,1H3. The quantitative estimate of drug-likeness (QED) is 0.848. The van der Waals surface area contributed by atoms with Crippen LogP contribution in [0, 0.1) is 11.3 Å². The highest BCUT2D eigenvalue weighted by molar-refractivity contribution is 5.31. The van der Waals surface area contributed by atoms with Crippen LogP contribution < -0.4 is 5.32 Å². The zero-order valence-electron chi connectivity index (χ0n) is 12.2. The van der Waals surface area contributed by atoms with E-state index in [1.807, 2.05) is 31.2 Å². The maximum Gasteiger partial charge on any atom is 0.144 e. The van der Waals surface area contributed by atoms with Crippen molar-refractivity contribution in [3.05, 3.63) is 65.0 Å². The maximum atomic E-state index is 9.02. The molecule has 108 valence electrons. The van der Waals surface area contributed by atoms with E-state index in [0.29, 0.717) is 25.5 Å². The van der Waals surface area contributed by atoms with E-state index >= 15 is 0 Å². The Labute approximate surface area is 125 Å². The molecule has 0 unspecified atom stereocenters. The van der Waals surface area contributed by atoms with Crippen LogP contribution in [0.3, 0.4) is 0 Å². The summed E-state index contributed by atoms with van der Waals surface area (Å²) in [5.74, 6) is 0. The molecule has 0 bridgehead atoms. The Bertz CT molecular complexity index is 619. The summed E-state index contributed by atoms with van der Waals surface area (Å²) in [5.41, 5.74) is 3.81. The van der Waals surface area contributed by atoms with Gasteiger partial charge in [0.25, 0.3) is 0 Å². The van der Waals surface area contributed by atoms with Gasteiger partial charge >= 0.3 is 0 Å². The first-order valence-corrected chi connectivity index (χ1v) is 7.04. The molecular formula is C17H19N3O. The summed E-state index contributed by atoms with van der Waals surface area (Å²) in [6.07, 6.45) is 1.64. The maximum absolute atomic E-state index is 9.02. The van der Waals surface area contributed by atoms with Crippen molar-refractivity contribution in [2.45, 2.75) is 26.6 Å². The Hall–Kier alpha value is -2.22. The molecule has 1 aromatic carbocycles. The summed E-state index contributed by atoms with van der Waals surface area (Å²) in [6.45, 7) is 4.70. The van der Waals surface area contributed by atoms with Crippen molar-refractivity contribution < 1.29 is 4.74 Å². The van der Waals surface area contributed by atoms with E-state index in [0.717, 1.165) is 12.1 Å². The van der Waals surface area contributed by atoms with Gasteiger partial charge in [0.1, 0.15) is 11.8 Å². The minimum atomic E-state index is 0.479. The molecule has 2 rings (SSSR count). The Morgan fingerprint density at radius 2 is 1.81 bits per heavy atom. The summed E-state index contributed by atoms with van der Waals surface area (Å²) in [4.78, 5) is 4.06. The predicted molar refractivity (Wildman–Crippen MR) is 81.3 cm³/mol. The number of nitrogens with one attached hydrogen (secondary N) is 1. The van der Waals surface area contributed by atoms with E-state index in [4.69, 9.17) is 10.00 Å². The minimum absolute atomic E-state index is 0.479. The van der Waals surface area contributed by atoms with Gasteiger partial charge in [0.05, 0.1) is 6.61 Å². The van der Waals surface area contributed by atoms with Crippen molar-refractivity contribution in [3.63, 3.8) is 0 Å². The van der Waals surface area contributed by atoms with Crippen molar-refractivity contribution >= 4 is 0 Å². The van der Waals surface area contributed by atoms with E-state index in [1.165, 1.54) is 11.1 Å². The van der Waals surface area contributed by atoms with Gasteiger partial charge in [0, 0.05) is 31.5 Å². The summed E-state index contributed by atoms with van der Waals surface area (Å²) in [7, 11) is 0. The lowest BCUT2D eigenvalue weighted by Gasteiger charge is -2.11. The second-order valence-electron chi connectivity index (χ2n) is 4.63. The molecule has 1 aromatic heterocycles. The van der Waals surface area contributed by atoms with Gasteiger partial charge in [-0.05, 0) is 24.1 Å². The molecule has 1 N–H and O–H groups in total. The third-order valence-corrected chi connectivity index (χ3v) is 3.21. The number of nitrogens with zero attached hydrogens (tertiary/aromatic N) is 2. The average molecular weight is 281 g/mol. The number of ether oxygens (including phenoxy) is 1. The van der Waals surface area contributed by atoms with Gasteiger partial charge in [0.15, 0.2) is 0 Å². The number of nitriles is 1. The fraction of sp³-hybridized carbons (Fsp3) is 0.294. The van der Waals surface area contributed by atoms with E-state index in [9.17, 15) is 0 Å². The summed E-state index contributed by atoms with van der Waals surface area (Å²) < 4.78 is 5.48. The molecule has 0 aliphatic carbocycles. The molecule has 0 amide bonds. The van der Waals surface area contributed by atoms with Crippen molar-refractivity contribution in [1.82, 2.24) is 10.3 Å². The fourth-order valence-electron chi connectivity index (χ4n) is 2.10. The second-order valence-corrected chi connectivity index (χ2v) is 4.63. The number of hydrogen-bond acceptors (Lipinski definition) is 4. The Kier molecular flexibility index (Phi) is 5.89. The first kappa shape index (κ1) is 15.2. The van der Waals surface area contributed by atoms with Crippen LogP contribution in [-0.4, -0.2) is 11.6 Å². The Morgan fingerprint density at radius 1 is 1.10 bits per heavy atom. The van der Waals surface area contributed by atoms with Crippen LogP contribution in [0.4, 0.5) is 0 Å². The van der Waals surface area contributed by atoms with Crippen LogP contribution >= 0.6 is 0 Å². The highest BCUT2D eigenvalue weighted by Gasteiger charge is 2.04. The molecule has 4 heteroatoms. The first-order valence-electron chi connectivity index (χ1n) is 7.04. The van der Waals surface area contributed by atoms with E-state index in [1.54, 1.807) is 6.20 Å². The Balaban J connectivity index is 1.96. The highest BCUT2D eigenvalue weighted by atomic mass is 16.5. The van der Waals surface area contributed by atoms with Crippen LogP contribution in [0.1, 0.15) is 29.3 Å². The molecular weight excluding hydrogens is 262 g/mol. The lowest BCUT2D eigenvalue weighted by molar-refractivity contribution is 0.133. The Morgan fingerprint density at radius 3 is 2.57 bits per heavy atom. The SMILES string of the molecule is CCOCc1ccccc1CNCc1cccnc1C#N. The molecule has 0 saturated heterocycles. The normalized spacial score (nSPS) is 10.3. The number of benzene rings is 1. The molecule has 0 radical (unpaired) electrons. The largest absolute Gasteiger partial charge is 0.377 e. The first-order chi connectivity index (χ1) is 10.3. The van der Waals surface area contributed by atoms with Gasteiger partial charge in [-0.25, -0.2) is 4.98 Å². The zero-order valence-corrected chi connectivity index (χ0v) is 12.2. The average Bonchev–Trinajstić information content (AvgIpc) is 2.54. The molecule has 0 saturated carbocycles. The van der Waals surface area contributed by atoms with E-state index in [-0.39, 0.29) is 0 Å². The highest BCUT2D eigenvalue weighted by Crippen LogP contribution is 2.11. The molecule has 0 spiro atoms. The zero-order chi connectivity index (χ0) is 14.9. The molecule has 2 aromatic rings.